The van der Waals surface area contributed by atoms with Gasteiger partial charge >= 0.3 is 6.03 Å². The molecule has 1 aliphatic heterocycles. The van der Waals surface area contributed by atoms with Gasteiger partial charge in [-0.1, -0.05) is 56.0 Å². The Morgan fingerprint density at radius 3 is 2.31 bits per heavy atom. The molecule has 8 heteroatoms. The third-order valence-electron chi connectivity index (χ3n) is 5.58. The van der Waals surface area contributed by atoms with E-state index in [1.165, 1.54) is 11.0 Å². The quantitative estimate of drug-likeness (QED) is 0.597. The first-order chi connectivity index (χ1) is 15.1. The molecule has 1 heterocycles. The number of rotatable bonds is 8. The first-order valence-corrected chi connectivity index (χ1v) is 14.2. The molecule has 0 aromatic heterocycles. The molecule has 1 atom stereocenters. The van der Waals surface area contributed by atoms with Crippen molar-refractivity contribution >= 4 is 25.1 Å². The Labute approximate surface area is 189 Å². The number of Topliss-reactive ketones (excluding diaryl/α,β-unsaturated/α-hetero) is 1. The van der Waals surface area contributed by atoms with Gasteiger partial charge in [-0.2, -0.15) is 0 Å². The van der Waals surface area contributed by atoms with Crippen LogP contribution in [0.5, 0.6) is 0 Å². The van der Waals surface area contributed by atoms with E-state index in [0.717, 1.165) is 10.8 Å². The zero-order valence-corrected chi connectivity index (χ0v) is 20.0. The monoisotopic (exact) mass is 458 g/mol. The van der Waals surface area contributed by atoms with Crippen molar-refractivity contribution in [3.8, 4) is 0 Å². The molecule has 2 aromatic carbocycles. The molecule has 32 heavy (non-hydrogen) atoms. The number of nitrogens with one attached hydrogen (secondary N) is 1. The Hall–Kier alpha value is -2.55. The zero-order chi connectivity index (χ0) is 23.5. The summed E-state index contributed by atoms with van der Waals surface area (Å²) in [4.78, 5) is 27.2. The molecule has 1 fully saturated rings. The van der Waals surface area contributed by atoms with Gasteiger partial charge in [0.25, 0.3) is 0 Å². The molecule has 0 saturated carbocycles. The smallest absolute Gasteiger partial charge is 0.318 e. The molecule has 1 aliphatic rings. The third kappa shape index (κ3) is 5.82. The van der Waals surface area contributed by atoms with Gasteiger partial charge in [-0.25, -0.2) is 9.18 Å². The highest BCUT2D eigenvalue weighted by atomic mass is 28.3. The van der Waals surface area contributed by atoms with E-state index in [1.54, 1.807) is 31.4 Å². The van der Waals surface area contributed by atoms with Crippen LogP contribution in [0.25, 0.3) is 0 Å². The number of urea groups is 1. The number of carbonyl (C=O) groups is 2. The van der Waals surface area contributed by atoms with E-state index in [4.69, 9.17) is 4.74 Å². The lowest BCUT2D eigenvalue weighted by Gasteiger charge is -2.36. The lowest BCUT2D eigenvalue weighted by Crippen LogP contribution is -2.57. The van der Waals surface area contributed by atoms with Crippen LogP contribution in [0.3, 0.4) is 0 Å². The van der Waals surface area contributed by atoms with E-state index >= 15 is 0 Å². The molecule has 0 bridgehead atoms. The van der Waals surface area contributed by atoms with Crippen molar-refractivity contribution in [1.29, 1.82) is 0 Å². The molecule has 0 radical (unpaired) electrons. The van der Waals surface area contributed by atoms with E-state index in [0.29, 0.717) is 17.7 Å². The molecule has 3 rings (SSSR count). The van der Waals surface area contributed by atoms with Crippen LogP contribution in [0.2, 0.25) is 19.6 Å². The van der Waals surface area contributed by atoms with E-state index in [9.17, 15) is 19.1 Å². The van der Waals surface area contributed by atoms with Gasteiger partial charge in [0.1, 0.15) is 11.9 Å². The number of hydrogen-bond donors (Lipinski definition) is 2. The molecule has 172 valence electrons. The Morgan fingerprint density at radius 2 is 1.78 bits per heavy atom. The summed E-state index contributed by atoms with van der Waals surface area (Å²) in [6, 6.07) is 11.0. The van der Waals surface area contributed by atoms with E-state index < -0.39 is 26.3 Å². The van der Waals surface area contributed by atoms with Crippen molar-refractivity contribution in [2.45, 2.75) is 44.8 Å². The molecule has 6 nitrogen and oxygen atoms in total. The number of benzene rings is 2. The topological polar surface area (TPSA) is 78.9 Å². The van der Waals surface area contributed by atoms with Crippen LogP contribution < -0.4 is 10.5 Å². The van der Waals surface area contributed by atoms with Gasteiger partial charge in [-0.3, -0.25) is 4.79 Å². The van der Waals surface area contributed by atoms with E-state index in [2.05, 4.69) is 25.0 Å². The van der Waals surface area contributed by atoms with Crippen LogP contribution in [0.4, 0.5) is 9.18 Å². The zero-order valence-electron chi connectivity index (χ0n) is 19.0. The number of nitrogens with zero attached hydrogens (tertiary/aromatic N) is 1. The van der Waals surface area contributed by atoms with Crippen LogP contribution in [-0.4, -0.2) is 56.2 Å². The molecule has 1 saturated heterocycles. The molecule has 2 aromatic rings. The Bertz CT molecular complexity index is 969. The summed E-state index contributed by atoms with van der Waals surface area (Å²) < 4.78 is 19.8. The number of hydrogen-bond acceptors (Lipinski definition) is 4. The largest absolute Gasteiger partial charge is 0.389 e. The molecule has 0 spiro atoms. The summed E-state index contributed by atoms with van der Waals surface area (Å²) in [5.41, 5.74) is 2.16. The first kappa shape index (κ1) is 24.1. The molecular weight excluding hydrogens is 427 g/mol. The molecular formula is C24H31FN2O4Si. The van der Waals surface area contributed by atoms with Gasteiger partial charge < -0.3 is 20.1 Å². The number of ether oxygens (including phenoxy) is 1. The predicted octanol–water partition coefficient (Wildman–Crippen LogP) is 2.76. The highest BCUT2D eigenvalue weighted by Crippen LogP contribution is 2.20. The molecule has 2 amide bonds. The fraction of sp³-hybridized carbons (Fsp3) is 0.417. The second-order valence-electron chi connectivity index (χ2n) is 9.32. The minimum Gasteiger partial charge on any atom is -0.389 e. The number of amides is 2. The number of β-amino-alcohol motifs (C(OH)–C–C–N with tert-alkyl or cyclic N) is 1. The maximum absolute atomic E-state index is 14.7. The van der Waals surface area contributed by atoms with Crippen molar-refractivity contribution in [2.24, 2.45) is 0 Å². The van der Waals surface area contributed by atoms with Crippen LogP contribution in [0.15, 0.2) is 42.5 Å². The summed E-state index contributed by atoms with van der Waals surface area (Å²) in [6.45, 7) is 7.14. The standard InChI is InChI=1S/C24H31FN2O4Si/c1-31-15-16-5-8-18(9-6-16)23(26-24(30)27-13-19(28)14-27)21(29)12-17-7-10-22(20(25)11-17)32(2,3)4/h5-11,19,23,28H,12-15H2,1-4H3,(H,26,30). The summed E-state index contributed by atoms with van der Waals surface area (Å²) in [6.07, 6.45) is -0.535. The van der Waals surface area contributed by atoms with Crippen molar-refractivity contribution in [2.75, 3.05) is 20.2 Å². The minimum atomic E-state index is -1.82. The van der Waals surface area contributed by atoms with Crippen LogP contribution in [0.1, 0.15) is 22.7 Å². The normalized spacial score (nSPS) is 15.2. The fourth-order valence-electron chi connectivity index (χ4n) is 3.74. The second-order valence-corrected chi connectivity index (χ2v) is 14.4. The number of likely N-dealkylation sites (tertiary alicyclic amines) is 1. The van der Waals surface area contributed by atoms with Gasteiger partial charge in [0, 0.05) is 13.5 Å². The fourth-order valence-corrected chi connectivity index (χ4v) is 5.11. The lowest BCUT2D eigenvalue weighted by molar-refractivity contribution is -0.120. The van der Waals surface area contributed by atoms with Gasteiger partial charge in [0.15, 0.2) is 5.78 Å². The second kappa shape index (κ2) is 9.93. The maximum Gasteiger partial charge on any atom is 0.318 e. The summed E-state index contributed by atoms with van der Waals surface area (Å²) in [7, 11) is -0.213. The van der Waals surface area contributed by atoms with Gasteiger partial charge in [-0.15, -0.1) is 0 Å². The molecule has 0 aliphatic carbocycles. The number of methoxy groups -OCH3 is 1. The van der Waals surface area contributed by atoms with Crippen molar-refractivity contribution in [1.82, 2.24) is 10.2 Å². The number of ketones is 1. The summed E-state index contributed by atoms with van der Waals surface area (Å²) >= 11 is 0. The van der Waals surface area contributed by atoms with Crippen LogP contribution in [0, 0.1) is 5.82 Å². The average Bonchev–Trinajstić information content (AvgIpc) is 2.69. The number of aliphatic hydroxyl groups is 1. The highest BCUT2D eigenvalue weighted by Gasteiger charge is 2.32. The molecule has 2 N–H and O–H groups in total. The predicted molar refractivity (Wildman–Crippen MR) is 124 cm³/mol. The van der Waals surface area contributed by atoms with Crippen molar-refractivity contribution < 1.29 is 23.8 Å². The average molecular weight is 459 g/mol. The van der Waals surface area contributed by atoms with Crippen molar-refractivity contribution in [3.63, 3.8) is 0 Å². The third-order valence-corrected chi connectivity index (χ3v) is 7.60. The Morgan fingerprint density at radius 1 is 1.16 bits per heavy atom. The first-order valence-electron chi connectivity index (χ1n) is 10.7. The van der Waals surface area contributed by atoms with Crippen LogP contribution >= 0.6 is 0 Å². The lowest BCUT2D eigenvalue weighted by atomic mass is 9.96. The SMILES string of the molecule is COCc1ccc(C(NC(=O)N2CC(O)C2)C(=O)Cc2ccc([Si](C)(C)C)c(F)c2)cc1. The van der Waals surface area contributed by atoms with Crippen LogP contribution in [-0.2, 0) is 22.6 Å². The number of carbonyl (C=O) groups excluding carboxylic acids is 2. The summed E-state index contributed by atoms with van der Waals surface area (Å²) in [5, 5.41) is 13.0. The minimum absolute atomic E-state index is 0.00368. The Kier molecular flexibility index (Phi) is 7.48. The van der Waals surface area contributed by atoms with E-state index in [-0.39, 0.29) is 31.1 Å². The van der Waals surface area contributed by atoms with Gasteiger partial charge in [-0.05, 0) is 27.9 Å². The highest BCUT2D eigenvalue weighted by molar-refractivity contribution is 6.88. The van der Waals surface area contributed by atoms with Gasteiger partial charge in [0.2, 0.25) is 0 Å². The van der Waals surface area contributed by atoms with Crippen molar-refractivity contribution in [3.05, 3.63) is 65.0 Å². The number of aliphatic hydroxyl groups excluding tert-OH is 1. The van der Waals surface area contributed by atoms with E-state index in [1.807, 2.05) is 12.1 Å². The summed E-state index contributed by atoms with van der Waals surface area (Å²) in [5.74, 6) is -0.521. The van der Waals surface area contributed by atoms with Gasteiger partial charge in [0.05, 0.1) is 33.9 Å². The number of halogens is 1. The maximum atomic E-state index is 14.7. The Balaban J connectivity index is 1.81. The molecule has 1 unspecified atom stereocenters.